The molecule has 0 saturated heterocycles. The molecule has 7 heteroatoms. The summed E-state index contributed by atoms with van der Waals surface area (Å²) >= 11 is 1.65. The van der Waals surface area contributed by atoms with Gasteiger partial charge in [-0.25, -0.2) is 4.98 Å². The van der Waals surface area contributed by atoms with Gasteiger partial charge in [-0.3, -0.25) is 0 Å². The smallest absolute Gasteiger partial charge is 0.208 e. The van der Waals surface area contributed by atoms with Gasteiger partial charge in [0.1, 0.15) is 5.01 Å². The Hall–Kier alpha value is -1.47. The first-order valence-corrected chi connectivity index (χ1v) is 8.71. The number of anilines is 1. The fourth-order valence-electron chi connectivity index (χ4n) is 2.90. The lowest BCUT2D eigenvalue weighted by Crippen LogP contribution is -2.30. The second kappa shape index (κ2) is 5.96. The Kier molecular flexibility index (Phi) is 3.83. The first kappa shape index (κ1) is 14.1. The van der Waals surface area contributed by atoms with E-state index in [-0.39, 0.29) is 0 Å². The van der Waals surface area contributed by atoms with Crippen LogP contribution >= 0.6 is 11.3 Å². The van der Waals surface area contributed by atoms with Crippen molar-refractivity contribution in [3.8, 4) is 0 Å². The Bertz CT molecular complexity index is 635. The molecule has 22 heavy (non-hydrogen) atoms. The summed E-state index contributed by atoms with van der Waals surface area (Å²) in [6.07, 6.45) is 6.56. The Balaban J connectivity index is 1.49. The molecule has 3 heterocycles. The maximum Gasteiger partial charge on any atom is 0.208 e. The second-order valence-electron chi connectivity index (χ2n) is 6.37. The number of fused-ring (bicyclic) bond motifs is 1. The molecular weight excluding hydrogens is 298 g/mol. The predicted octanol–water partition coefficient (Wildman–Crippen LogP) is 2.11. The summed E-state index contributed by atoms with van der Waals surface area (Å²) in [7, 11) is 0. The minimum Gasteiger partial charge on any atom is -0.381 e. The maximum atomic E-state index is 5.94. The zero-order valence-corrected chi connectivity index (χ0v) is 13.6. The van der Waals surface area contributed by atoms with Crippen LogP contribution in [0.5, 0.6) is 0 Å². The summed E-state index contributed by atoms with van der Waals surface area (Å²) in [6.45, 7) is 6.50. The lowest BCUT2D eigenvalue weighted by molar-refractivity contribution is 0.0883. The number of nitrogens with zero attached hydrogens (tertiary/aromatic N) is 5. The van der Waals surface area contributed by atoms with Gasteiger partial charge in [0.05, 0.1) is 25.2 Å². The molecule has 1 aliphatic carbocycles. The van der Waals surface area contributed by atoms with Crippen molar-refractivity contribution in [2.75, 3.05) is 24.7 Å². The minimum absolute atomic E-state index is 0.457. The molecule has 2 aliphatic rings. The van der Waals surface area contributed by atoms with Gasteiger partial charge in [-0.05, 0) is 25.7 Å². The van der Waals surface area contributed by atoms with Crippen LogP contribution in [0.25, 0.3) is 0 Å². The molecule has 1 aliphatic heterocycles. The monoisotopic (exact) mass is 319 g/mol. The lowest BCUT2D eigenvalue weighted by atomic mass is 10.1. The van der Waals surface area contributed by atoms with Crippen LogP contribution in [0.3, 0.4) is 0 Å². The van der Waals surface area contributed by atoms with Crippen molar-refractivity contribution < 1.29 is 4.74 Å². The van der Waals surface area contributed by atoms with Crippen molar-refractivity contribution in [2.24, 2.45) is 11.8 Å². The van der Waals surface area contributed by atoms with Gasteiger partial charge in [-0.2, -0.15) is 0 Å². The highest BCUT2D eigenvalue weighted by molar-refractivity contribution is 7.15. The van der Waals surface area contributed by atoms with E-state index in [1.165, 1.54) is 18.5 Å². The summed E-state index contributed by atoms with van der Waals surface area (Å²) in [6, 6.07) is 0. The van der Waals surface area contributed by atoms with Crippen molar-refractivity contribution in [1.29, 1.82) is 0 Å². The van der Waals surface area contributed by atoms with Crippen LogP contribution in [0, 0.1) is 18.8 Å². The van der Waals surface area contributed by atoms with Crippen LogP contribution in [-0.4, -0.2) is 39.5 Å². The van der Waals surface area contributed by atoms with Crippen LogP contribution in [0.15, 0.2) is 12.5 Å². The van der Waals surface area contributed by atoms with Gasteiger partial charge in [-0.1, -0.05) is 11.3 Å². The number of aryl methyl sites for hydroxylation is 1. The van der Waals surface area contributed by atoms with Gasteiger partial charge in [0, 0.05) is 31.8 Å². The van der Waals surface area contributed by atoms with Crippen molar-refractivity contribution in [1.82, 2.24) is 19.7 Å². The molecule has 0 bridgehead atoms. The van der Waals surface area contributed by atoms with Gasteiger partial charge in [0.2, 0.25) is 5.13 Å². The van der Waals surface area contributed by atoms with Gasteiger partial charge < -0.3 is 14.2 Å². The van der Waals surface area contributed by atoms with Crippen LogP contribution in [0.1, 0.15) is 23.5 Å². The van der Waals surface area contributed by atoms with Crippen LogP contribution < -0.4 is 4.90 Å². The number of imidazole rings is 1. The molecule has 118 valence electrons. The molecule has 0 amide bonds. The third-order valence-electron chi connectivity index (χ3n) is 4.27. The van der Waals surface area contributed by atoms with E-state index >= 15 is 0 Å². The summed E-state index contributed by atoms with van der Waals surface area (Å²) in [5, 5.41) is 10.5. The highest BCUT2D eigenvalue weighted by Gasteiger charge is 2.26. The van der Waals surface area contributed by atoms with Gasteiger partial charge in [-0.15, -0.1) is 10.2 Å². The predicted molar refractivity (Wildman–Crippen MR) is 85.0 cm³/mol. The maximum absolute atomic E-state index is 5.94. The molecule has 1 saturated carbocycles. The van der Waals surface area contributed by atoms with E-state index in [1.807, 2.05) is 19.4 Å². The summed E-state index contributed by atoms with van der Waals surface area (Å²) in [5.41, 5.74) is 1.23. The van der Waals surface area contributed by atoms with E-state index in [2.05, 4.69) is 24.6 Å². The van der Waals surface area contributed by atoms with E-state index < -0.39 is 0 Å². The molecule has 0 radical (unpaired) electrons. The Morgan fingerprint density at radius 2 is 2.09 bits per heavy atom. The zero-order valence-electron chi connectivity index (χ0n) is 12.8. The first-order valence-electron chi connectivity index (χ1n) is 7.90. The molecule has 1 fully saturated rings. The van der Waals surface area contributed by atoms with Crippen LogP contribution in [-0.2, 0) is 17.8 Å². The fourth-order valence-corrected chi connectivity index (χ4v) is 3.60. The van der Waals surface area contributed by atoms with E-state index in [9.17, 15) is 0 Å². The largest absolute Gasteiger partial charge is 0.381 e. The average Bonchev–Trinajstić information content (AvgIpc) is 3.12. The number of hydrogen-bond donors (Lipinski definition) is 0. The molecule has 1 atom stereocenters. The zero-order chi connectivity index (χ0) is 14.9. The lowest BCUT2D eigenvalue weighted by Gasteiger charge is -2.23. The van der Waals surface area contributed by atoms with Crippen molar-refractivity contribution in [3.63, 3.8) is 0 Å². The fraction of sp³-hybridized carbons (Fsp3) is 0.667. The third-order valence-corrected chi connectivity index (χ3v) is 5.17. The van der Waals surface area contributed by atoms with Crippen molar-refractivity contribution >= 4 is 16.5 Å². The number of hydrogen-bond acceptors (Lipinski definition) is 6. The van der Waals surface area contributed by atoms with Gasteiger partial charge >= 0.3 is 0 Å². The van der Waals surface area contributed by atoms with Gasteiger partial charge in [0.15, 0.2) is 0 Å². The number of ether oxygens (including phenoxy) is 1. The first-order chi connectivity index (χ1) is 10.8. The van der Waals surface area contributed by atoms with E-state index in [1.54, 1.807) is 11.3 Å². The molecule has 0 aromatic carbocycles. The molecule has 0 N–H and O–H groups in total. The van der Waals surface area contributed by atoms with E-state index in [4.69, 9.17) is 4.74 Å². The molecule has 2 aromatic heterocycles. The Morgan fingerprint density at radius 1 is 1.23 bits per heavy atom. The quantitative estimate of drug-likeness (QED) is 0.845. The van der Waals surface area contributed by atoms with Crippen molar-refractivity contribution in [2.45, 2.75) is 32.9 Å². The number of rotatable bonds is 5. The second-order valence-corrected chi connectivity index (χ2v) is 7.53. The molecule has 2 aromatic rings. The minimum atomic E-state index is 0.457. The average molecular weight is 319 g/mol. The summed E-state index contributed by atoms with van der Waals surface area (Å²) in [4.78, 5) is 6.61. The molecule has 0 spiro atoms. The van der Waals surface area contributed by atoms with E-state index in [0.717, 1.165) is 48.9 Å². The highest BCUT2D eigenvalue weighted by atomic mass is 32.1. The van der Waals surface area contributed by atoms with Crippen LogP contribution in [0.4, 0.5) is 5.13 Å². The molecule has 6 nitrogen and oxygen atoms in total. The van der Waals surface area contributed by atoms with Gasteiger partial charge in [0.25, 0.3) is 0 Å². The third kappa shape index (κ3) is 3.15. The summed E-state index contributed by atoms with van der Waals surface area (Å²) < 4.78 is 8.19. The van der Waals surface area contributed by atoms with Crippen LogP contribution in [0.2, 0.25) is 0 Å². The molecular formula is C15H21N5OS. The SMILES string of the molecule is Cc1nnc(N2Cc3cncn3C[C@@H](COCC3CC3)C2)s1. The topological polar surface area (TPSA) is 56.1 Å². The van der Waals surface area contributed by atoms with E-state index in [0.29, 0.717) is 5.92 Å². The Morgan fingerprint density at radius 3 is 2.86 bits per heavy atom. The normalized spacial score (nSPS) is 21.7. The molecule has 4 rings (SSSR count). The molecule has 0 unspecified atom stereocenters. The summed E-state index contributed by atoms with van der Waals surface area (Å²) in [5.74, 6) is 1.27. The number of aromatic nitrogens is 4. The van der Waals surface area contributed by atoms with Crippen molar-refractivity contribution in [3.05, 3.63) is 23.2 Å². The Labute approximate surface area is 134 Å². The standard InChI is InChI=1S/C15H21N5OS/c1-11-17-18-15(22-11)19-5-13(9-21-8-12-2-3-12)6-20-10-16-4-14(20)7-19/h4,10,12-13H,2-3,5-9H2,1H3/t13-/m0/s1. The highest BCUT2D eigenvalue weighted by Crippen LogP contribution is 2.29.